The molecule has 1 atom stereocenters. The Kier molecular flexibility index (Phi) is 7.23. The standard InChI is InChI=1S/C30H30N8S/c1-3-20(2)31-25-14-15-26(22-11-5-4-10-21(22)25)32-33-27-16-17-28(24-13-7-6-12-23(24)27)34-35-29-36-37-30(39-29)38-18-8-9-19-38/h4-7,10-17,20,31H,3,8-9,18-19H2,1-2H3. The van der Waals surface area contributed by atoms with E-state index in [1.165, 1.54) is 24.2 Å². The van der Waals surface area contributed by atoms with Gasteiger partial charge in [0.2, 0.25) is 5.13 Å². The molecule has 39 heavy (non-hydrogen) atoms. The molecule has 196 valence electrons. The van der Waals surface area contributed by atoms with E-state index < -0.39 is 0 Å². The summed E-state index contributed by atoms with van der Waals surface area (Å²) in [5.74, 6) is 0. The highest BCUT2D eigenvalue weighted by Gasteiger charge is 2.16. The number of azo groups is 2. The van der Waals surface area contributed by atoms with Crippen molar-refractivity contribution in [2.24, 2.45) is 20.5 Å². The monoisotopic (exact) mass is 534 g/mol. The minimum atomic E-state index is 0.391. The molecule has 1 unspecified atom stereocenters. The van der Waals surface area contributed by atoms with Gasteiger partial charge in [0.1, 0.15) is 0 Å². The van der Waals surface area contributed by atoms with Gasteiger partial charge in [0.25, 0.3) is 5.13 Å². The first kappa shape index (κ1) is 25.1. The van der Waals surface area contributed by atoms with Crippen LogP contribution < -0.4 is 10.2 Å². The van der Waals surface area contributed by atoms with Gasteiger partial charge in [0.05, 0.1) is 17.1 Å². The van der Waals surface area contributed by atoms with E-state index in [-0.39, 0.29) is 0 Å². The van der Waals surface area contributed by atoms with Crippen LogP contribution in [0.1, 0.15) is 33.1 Å². The molecule has 9 heteroatoms. The SMILES string of the molecule is CCC(C)Nc1ccc(N=Nc2ccc(N=Nc3nnc(N4CCCC4)s3)c3ccccc23)c2ccccc12. The van der Waals surface area contributed by atoms with Crippen molar-refractivity contribution >= 4 is 65.9 Å². The zero-order chi connectivity index (χ0) is 26.6. The Balaban J connectivity index is 1.29. The van der Waals surface area contributed by atoms with Crippen molar-refractivity contribution in [3.8, 4) is 0 Å². The van der Waals surface area contributed by atoms with Crippen LogP contribution in [0, 0.1) is 0 Å². The first-order chi connectivity index (χ1) is 19.2. The molecule has 0 radical (unpaired) electrons. The van der Waals surface area contributed by atoms with Crippen LogP contribution in [0.3, 0.4) is 0 Å². The number of hydrogen-bond donors (Lipinski definition) is 1. The van der Waals surface area contributed by atoms with Crippen molar-refractivity contribution in [3.63, 3.8) is 0 Å². The molecule has 0 saturated carbocycles. The molecule has 0 spiro atoms. The Bertz CT molecular complexity index is 1670. The first-order valence-electron chi connectivity index (χ1n) is 13.4. The molecule has 8 nitrogen and oxygen atoms in total. The van der Waals surface area contributed by atoms with Gasteiger partial charge in [0.15, 0.2) is 0 Å². The summed E-state index contributed by atoms with van der Waals surface area (Å²) in [6, 6.07) is 24.8. The predicted octanol–water partition coefficient (Wildman–Crippen LogP) is 9.49. The number of anilines is 2. The lowest BCUT2D eigenvalue weighted by Crippen LogP contribution is -2.17. The fourth-order valence-electron chi connectivity index (χ4n) is 4.79. The van der Waals surface area contributed by atoms with E-state index in [1.54, 1.807) is 0 Å². The largest absolute Gasteiger partial charge is 0.382 e. The molecule has 0 amide bonds. The number of nitrogens with zero attached hydrogens (tertiary/aromatic N) is 7. The summed E-state index contributed by atoms with van der Waals surface area (Å²) in [5, 5.41) is 36.0. The summed E-state index contributed by atoms with van der Waals surface area (Å²) in [6.07, 6.45) is 3.45. The maximum atomic E-state index is 4.68. The Morgan fingerprint density at radius 3 is 1.90 bits per heavy atom. The van der Waals surface area contributed by atoms with Crippen LogP contribution in [0.15, 0.2) is 93.3 Å². The summed E-state index contributed by atoms with van der Waals surface area (Å²) < 4.78 is 0. The number of nitrogens with one attached hydrogen (secondary N) is 1. The van der Waals surface area contributed by atoms with Gasteiger partial charge in [-0.15, -0.1) is 30.7 Å². The topological polar surface area (TPSA) is 90.5 Å². The molecule has 0 aliphatic carbocycles. The maximum Gasteiger partial charge on any atom is 0.253 e. The minimum Gasteiger partial charge on any atom is -0.382 e. The minimum absolute atomic E-state index is 0.391. The average Bonchev–Trinajstić information content (AvgIpc) is 3.68. The fourth-order valence-corrected chi connectivity index (χ4v) is 5.51. The predicted molar refractivity (Wildman–Crippen MR) is 161 cm³/mol. The summed E-state index contributed by atoms with van der Waals surface area (Å²) in [4.78, 5) is 2.25. The van der Waals surface area contributed by atoms with Crippen molar-refractivity contribution < 1.29 is 0 Å². The maximum absolute atomic E-state index is 4.68. The fraction of sp³-hybridized carbons (Fsp3) is 0.267. The van der Waals surface area contributed by atoms with E-state index in [0.717, 1.165) is 68.9 Å². The molecule has 1 aliphatic rings. The second-order valence-corrected chi connectivity index (χ2v) is 10.7. The third-order valence-corrected chi connectivity index (χ3v) is 7.95. The number of aromatic nitrogens is 2. The molecule has 1 saturated heterocycles. The summed E-state index contributed by atoms with van der Waals surface area (Å²) >= 11 is 1.48. The van der Waals surface area contributed by atoms with Crippen LogP contribution in [-0.2, 0) is 0 Å². The summed E-state index contributed by atoms with van der Waals surface area (Å²) in [6.45, 7) is 6.43. The average molecular weight is 535 g/mol. The number of fused-ring (bicyclic) bond motifs is 2. The van der Waals surface area contributed by atoms with E-state index in [9.17, 15) is 0 Å². The molecule has 1 aromatic heterocycles. The van der Waals surface area contributed by atoms with Gasteiger partial charge in [-0.05, 0) is 50.5 Å². The van der Waals surface area contributed by atoms with Crippen LogP contribution in [0.5, 0.6) is 0 Å². The molecule has 6 rings (SSSR count). The van der Waals surface area contributed by atoms with Crippen molar-refractivity contribution in [2.75, 3.05) is 23.3 Å². The molecule has 1 fully saturated rings. The molecule has 2 heterocycles. The van der Waals surface area contributed by atoms with Crippen molar-refractivity contribution in [1.29, 1.82) is 0 Å². The lowest BCUT2D eigenvalue weighted by Gasteiger charge is -2.15. The Hall–Kier alpha value is -4.24. The lowest BCUT2D eigenvalue weighted by molar-refractivity contribution is 0.765. The van der Waals surface area contributed by atoms with Gasteiger partial charge in [-0.2, -0.15) is 0 Å². The highest BCUT2D eigenvalue weighted by molar-refractivity contribution is 7.18. The smallest absolute Gasteiger partial charge is 0.253 e. The molecule has 1 N–H and O–H groups in total. The Morgan fingerprint density at radius 1 is 0.744 bits per heavy atom. The van der Waals surface area contributed by atoms with Crippen LogP contribution in [-0.4, -0.2) is 29.3 Å². The van der Waals surface area contributed by atoms with E-state index in [1.807, 2.05) is 48.5 Å². The van der Waals surface area contributed by atoms with Gasteiger partial charge < -0.3 is 10.2 Å². The summed E-state index contributed by atoms with van der Waals surface area (Å²) in [5.41, 5.74) is 3.48. The second kappa shape index (κ2) is 11.2. The van der Waals surface area contributed by atoms with Crippen LogP contribution in [0.4, 0.5) is 33.0 Å². The van der Waals surface area contributed by atoms with E-state index in [0.29, 0.717) is 11.2 Å². The zero-order valence-electron chi connectivity index (χ0n) is 22.1. The van der Waals surface area contributed by atoms with E-state index >= 15 is 0 Å². The molecule has 0 bridgehead atoms. The highest BCUT2D eigenvalue weighted by Crippen LogP contribution is 2.38. The molecule has 5 aromatic rings. The van der Waals surface area contributed by atoms with Gasteiger partial charge in [0, 0.05) is 46.4 Å². The van der Waals surface area contributed by atoms with Crippen LogP contribution in [0.25, 0.3) is 21.5 Å². The molecular formula is C30H30N8S. The summed E-state index contributed by atoms with van der Waals surface area (Å²) in [7, 11) is 0. The third-order valence-electron chi connectivity index (χ3n) is 7.08. The van der Waals surface area contributed by atoms with Crippen molar-refractivity contribution in [3.05, 3.63) is 72.8 Å². The quantitative estimate of drug-likeness (QED) is 0.201. The zero-order valence-corrected chi connectivity index (χ0v) is 22.9. The third kappa shape index (κ3) is 5.35. The number of hydrogen-bond acceptors (Lipinski definition) is 9. The van der Waals surface area contributed by atoms with Crippen LogP contribution in [0.2, 0.25) is 0 Å². The number of rotatable bonds is 8. The Labute approximate surface area is 231 Å². The van der Waals surface area contributed by atoms with Gasteiger partial charge in [-0.3, -0.25) is 0 Å². The van der Waals surface area contributed by atoms with E-state index in [2.05, 4.69) is 79.0 Å². The Morgan fingerprint density at radius 2 is 1.28 bits per heavy atom. The van der Waals surface area contributed by atoms with Crippen molar-refractivity contribution in [1.82, 2.24) is 10.2 Å². The van der Waals surface area contributed by atoms with Gasteiger partial charge >= 0.3 is 0 Å². The molecule has 1 aliphatic heterocycles. The van der Waals surface area contributed by atoms with Crippen molar-refractivity contribution in [2.45, 2.75) is 39.2 Å². The van der Waals surface area contributed by atoms with Gasteiger partial charge in [-0.25, -0.2) is 0 Å². The van der Waals surface area contributed by atoms with Gasteiger partial charge in [-0.1, -0.05) is 66.8 Å². The highest BCUT2D eigenvalue weighted by atomic mass is 32.1. The normalized spacial score (nSPS) is 14.8. The second-order valence-electron chi connectivity index (χ2n) is 9.74. The lowest BCUT2D eigenvalue weighted by atomic mass is 10.1. The first-order valence-corrected chi connectivity index (χ1v) is 14.2. The molecule has 4 aromatic carbocycles. The van der Waals surface area contributed by atoms with Crippen LogP contribution >= 0.6 is 11.3 Å². The number of benzene rings is 4. The van der Waals surface area contributed by atoms with E-state index in [4.69, 9.17) is 0 Å². The molecular weight excluding hydrogens is 504 g/mol.